The van der Waals surface area contributed by atoms with Crippen molar-refractivity contribution in [3.05, 3.63) is 84.2 Å². The summed E-state index contributed by atoms with van der Waals surface area (Å²) >= 11 is 0. The molecule has 3 aromatic carbocycles. The zero-order chi connectivity index (χ0) is 25.8. The van der Waals surface area contributed by atoms with Gasteiger partial charge in [0.25, 0.3) is 0 Å². The molecule has 0 atom stereocenters. The van der Waals surface area contributed by atoms with Crippen molar-refractivity contribution in [1.29, 1.82) is 5.26 Å². The summed E-state index contributed by atoms with van der Waals surface area (Å²) in [5.41, 5.74) is 8.31. The fourth-order valence-corrected chi connectivity index (χ4v) is 4.45. The van der Waals surface area contributed by atoms with Crippen LogP contribution in [-0.4, -0.2) is 39.3 Å². The van der Waals surface area contributed by atoms with Gasteiger partial charge in [-0.2, -0.15) is 15.5 Å². The van der Waals surface area contributed by atoms with Gasteiger partial charge in [-0.3, -0.25) is 0 Å². The summed E-state index contributed by atoms with van der Waals surface area (Å²) < 4.78 is 1.84. The van der Waals surface area contributed by atoms with E-state index in [0.29, 0.717) is 5.56 Å². The smallest absolute Gasteiger partial charge is 0.113 e. The van der Waals surface area contributed by atoms with Gasteiger partial charge >= 0.3 is 0 Å². The first-order valence-electron chi connectivity index (χ1n) is 12.6. The van der Waals surface area contributed by atoms with Crippen LogP contribution >= 0.6 is 0 Å². The molecule has 0 saturated carbocycles. The lowest BCUT2D eigenvalue weighted by Gasteiger charge is -2.12. The first kappa shape index (κ1) is 24.1. The lowest BCUT2D eigenvalue weighted by Crippen LogP contribution is -2.07. The maximum Gasteiger partial charge on any atom is 0.113 e. The van der Waals surface area contributed by atoms with Crippen LogP contribution in [0.1, 0.15) is 37.4 Å². The van der Waals surface area contributed by atoms with E-state index in [-0.39, 0.29) is 0 Å². The number of anilines is 1. The molecule has 7 nitrogen and oxygen atoms in total. The van der Waals surface area contributed by atoms with E-state index in [4.69, 9.17) is 5.26 Å². The number of nitrogens with zero attached hydrogens (tertiary/aromatic N) is 7. The molecule has 0 spiro atoms. The number of nitriles is 1. The van der Waals surface area contributed by atoms with Crippen molar-refractivity contribution in [1.82, 2.24) is 25.2 Å². The lowest BCUT2D eigenvalue weighted by atomic mass is 10.0. The second-order valence-corrected chi connectivity index (χ2v) is 9.36. The first-order valence-corrected chi connectivity index (χ1v) is 12.6. The van der Waals surface area contributed by atoms with Crippen LogP contribution in [0.25, 0.3) is 39.0 Å². The highest BCUT2D eigenvalue weighted by Crippen LogP contribution is 2.30. The molecule has 5 aromatic rings. The van der Waals surface area contributed by atoms with Gasteiger partial charge in [-0.15, -0.1) is 5.10 Å². The zero-order valence-corrected chi connectivity index (χ0v) is 21.4. The summed E-state index contributed by atoms with van der Waals surface area (Å²) in [5.74, 6) is 0. The molecule has 0 unspecified atom stereocenters. The van der Waals surface area contributed by atoms with E-state index in [2.05, 4.69) is 68.7 Å². The minimum absolute atomic E-state index is 0.642. The molecule has 7 heteroatoms. The number of aromatic nitrogens is 5. The molecule has 0 aliphatic heterocycles. The largest absolute Gasteiger partial charge is 0.378 e. The van der Waals surface area contributed by atoms with E-state index in [9.17, 15) is 0 Å². The van der Waals surface area contributed by atoms with Gasteiger partial charge in [-0.1, -0.05) is 55.3 Å². The number of aryl methyl sites for hydroxylation is 1. The van der Waals surface area contributed by atoms with E-state index in [1.165, 1.54) is 0 Å². The number of hydrogen-bond acceptors (Lipinski definition) is 6. The van der Waals surface area contributed by atoms with Crippen LogP contribution in [0.5, 0.6) is 0 Å². The predicted molar refractivity (Wildman–Crippen MR) is 148 cm³/mol. The molecule has 0 saturated heterocycles. The Hall–Kier alpha value is -4.57. The standard InChI is InChI=1S/C30H29N7/c1-4-5-6-7-28-30(37-20-29(34-35-37)23-12-15-25(16-13-23)36(2)3)26-18-24(14-17-27(26)32-33-28)22-10-8-21(19-31)9-11-22/h8-18,20H,4-7H2,1-3H3. The van der Waals surface area contributed by atoms with Crippen LogP contribution in [0.3, 0.4) is 0 Å². The average Bonchev–Trinajstić information content (AvgIpc) is 3.42. The summed E-state index contributed by atoms with van der Waals surface area (Å²) in [6, 6.07) is 24.3. The molecule has 0 radical (unpaired) electrons. The second-order valence-electron chi connectivity index (χ2n) is 9.36. The summed E-state index contributed by atoms with van der Waals surface area (Å²) in [7, 11) is 4.05. The van der Waals surface area contributed by atoms with E-state index >= 15 is 0 Å². The van der Waals surface area contributed by atoms with Gasteiger partial charge in [-0.05, 0) is 60.4 Å². The second kappa shape index (κ2) is 10.6. The minimum Gasteiger partial charge on any atom is -0.378 e. The monoisotopic (exact) mass is 487 g/mol. The van der Waals surface area contributed by atoms with Gasteiger partial charge in [0.1, 0.15) is 5.69 Å². The third-order valence-corrected chi connectivity index (χ3v) is 6.57. The van der Waals surface area contributed by atoms with E-state index in [1.54, 1.807) is 0 Å². The maximum absolute atomic E-state index is 9.16. The Kier molecular flexibility index (Phi) is 6.91. The molecular formula is C30H29N7. The molecule has 0 fully saturated rings. The van der Waals surface area contributed by atoms with Crippen molar-refractivity contribution in [2.24, 2.45) is 0 Å². The Morgan fingerprint density at radius 1 is 0.838 bits per heavy atom. The molecule has 0 aliphatic carbocycles. The van der Waals surface area contributed by atoms with Gasteiger partial charge in [0.2, 0.25) is 0 Å². The van der Waals surface area contributed by atoms with Crippen molar-refractivity contribution >= 4 is 16.6 Å². The molecule has 5 rings (SSSR count). The van der Waals surface area contributed by atoms with Gasteiger partial charge in [-0.25, -0.2) is 4.68 Å². The summed E-state index contributed by atoms with van der Waals surface area (Å²) in [5, 5.41) is 28.3. The van der Waals surface area contributed by atoms with Crippen molar-refractivity contribution < 1.29 is 0 Å². The molecule has 0 N–H and O–H groups in total. The number of hydrogen-bond donors (Lipinski definition) is 0. The van der Waals surface area contributed by atoms with Crippen LogP contribution < -0.4 is 4.90 Å². The van der Waals surface area contributed by atoms with Crippen LogP contribution in [-0.2, 0) is 6.42 Å². The molecule has 2 aromatic heterocycles. The molecular weight excluding hydrogens is 458 g/mol. The molecule has 2 heterocycles. The van der Waals surface area contributed by atoms with Crippen LogP contribution in [0.4, 0.5) is 5.69 Å². The minimum atomic E-state index is 0.642. The lowest BCUT2D eigenvalue weighted by molar-refractivity contribution is 0.690. The first-order chi connectivity index (χ1) is 18.1. The highest BCUT2D eigenvalue weighted by Gasteiger charge is 2.16. The Balaban J connectivity index is 1.61. The zero-order valence-electron chi connectivity index (χ0n) is 21.4. The fraction of sp³-hybridized carbons (Fsp3) is 0.233. The molecule has 0 bridgehead atoms. The Labute approximate surface area is 217 Å². The number of benzene rings is 3. The molecule has 184 valence electrons. The van der Waals surface area contributed by atoms with Crippen molar-refractivity contribution in [2.45, 2.75) is 32.6 Å². The fourth-order valence-electron chi connectivity index (χ4n) is 4.45. The normalized spacial score (nSPS) is 11.0. The maximum atomic E-state index is 9.16. The topological polar surface area (TPSA) is 83.5 Å². The van der Waals surface area contributed by atoms with Crippen LogP contribution in [0.15, 0.2) is 72.9 Å². The summed E-state index contributed by atoms with van der Waals surface area (Å²) in [4.78, 5) is 2.07. The molecule has 0 amide bonds. The SMILES string of the molecule is CCCCCc1nnc2ccc(-c3ccc(C#N)cc3)cc2c1-n1cc(-c2ccc(N(C)C)cc2)nn1. The molecule has 37 heavy (non-hydrogen) atoms. The van der Waals surface area contributed by atoms with Crippen LogP contribution in [0, 0.1) is 11.3 Å². The summed E-state index contributed by atoms with van der Waals surface area (Å²) in [6.45, 7) is 2.20. The quantitative estimate of drug-likeness (QED) is 0.242. The third kappa shape index (κ3) is 5.05. The van der Waals surface area contributed by atoms with E-state index in [1.807, 2.05) is 61.4 Å². The van der Waals surface area contributed by atoms with E-state index < -0.39 is 0 Å². The Bertz CT molecular complexity index is 1560. The van der Waals surface area contributed by atoms with Crippen LogP contribution in [0.2, 0.25) is 0 Å². The van der Waals surface area contributed by atoms with Crippen molar-refractivity contribution in [2.75, 3.05) is 19.0 Å². The third-order valence-electron chi connectivity index (χ3n) is 6.57. The Morgan fingerprint density at radius 3 is 2.27 bits per heavy atom. The predicted octanol–water partition coefficient (Wildman–Crippen LogP) is 6.21. The highest BCUT2D eigenvalue weighted by molar-refractivity contribution is 5.91. The number of rotatable bonds is 8. The molecule has 0 aliphatic rings. The van der Waals surface area contributed by atoms with Gasteiger partial charge < -0.3 is 4.90 Å². The van der Waals surface area contributed by atoms with Gasteiger partial charge in [0.15, 0.2) is 0 Å². The van der Waals surface area contributed by atoms with Gasteiger partial charge in [0, 0.05) is 30.7 Å². The van der Waals surface area contributed by atoms with Crippen molar-refractivity contribution in [3.63, 3.8) is 0 Å². The Morgan fingerprint density at radius 2 is 1.57 bits per heavy atom. The van der Waals surface area contributed by atoms with E-state index in [0.717, 1.165) is 76.0 Å². The van der Waals surface area contributed by atoms with Crippen molar-refractivity contribution in [3.8, 4) is 34.1 Å². The number of fused-ring (bicyclic) bond motifs is 1. The highest BCUT2D eigenvalue weighted by atomic mass is 15.4. The average molecular weight is 488 g/mol. The number of unbranched alkanes of at least 4 members (excludes halogenated alkanes) is 2. The van der Waals surface area contributed by atoms with Gasteiger partial charge in [0.05, 0.1) is 34.7 Å². The summed E-state index contributed by atoms with van der Waals surface area (Å²) in [6.07, 6.45) is 6.09.